The maximum atomic E-state index is 13.1. The van der Waals surface area contributed by atoms with Gasteiger partial charge < -0.3 is 24.7 Å². The summed E-state index contributed by atoms with van der Waals surface area (Å²) in [6.45, 7) is 6.83. The maximum absolute atomic E-state index is 13.1. The summed E-state index contributed by atoms with van der Waals surface area (Å²) >= 11 is 0. The Morgan fingerprint density at radius 1 is 1.27 bits per heavy atom. The monoisotopic (exact) mass is 409 g/mol. The van der Waals surface area contributed by atoms with Crippen LogP contribution in [-0.2, 0) is 11.2 Å². The molecule has 2 aliphatic heterocycles. The summed E-state index contributed by atoms with van der Waals surface area (Å²) in [5.41, 5.74) is 2.75. The molecule has 1 amide bonds. The molecule has 156 valence electrons. The van der Waals surface area contributed by atoms with Gasteiger partial charge in [-0.3, -0.25) is 9.59 Å². The number of aromatic nitrogens is 3. The highest BCUT2D eigenvalue weighted by atomic mass is 16.5. The molecule has 0 aliphatic carbocycles. The second-order valence-corrected chi connectivity index (χ2v) is 8.23. The normalized spacial score (nSPS) is 17.6. The highest BCUT2D eigenvalue weighted by Gasteiger charge is 2.32. The van der Waals surface area contributed by atoms with E-state index in [-0.39, 0.29) is 17.1 Å². The molecule has 4 heterocycles. The zero-order chi connectivity index (χ0) is 20.9. The van der Waals surface area contributed by atoms with Gasteiger partial charge in [0.25, 0.3) is 11.5 Å². The summed E-state index contributed by atoms with van der Waals surface area (Å²) in [7, 11) is 0. The molecular weight excluding hydrogens is 386 g/mol. The summed E-state index contributed by atoms with van der Waals surface area (Å²) in [6, 6.07) is 5.35. The predicted octanol–water partition coefficient (Wildman–Crippen LogP) is 1.82. The minimum atomic E-state index is -0.334. The third-order valence-electron chi connectivity index (χ3n) is 5.43. The Labute approximate surface area is 172 Å². The largest absolute Gasteiger partial charge is 0.487 e. The van der Waals surface area contributed by atoms with Gasteiger partial charge in [0.15, 0.2) is 0 Å². The van der Waals surface area contributed by atoms with E-state index in [2.05, 4.69) is 34.1 Å². The predicted molar refractivity (Wildman–Crippen MR) is 112 cm³/mol. The SMILES string of the molecule is CC1(C)Cc2cc(NC(=O)c3cnn4ccc(=O)[nH]c34)c(N3CCOCC3)cc2O1. The smallest absolute Gasteiger partial charge is 0.261 e. The van der Waals surface area contributed by atoms with E-state index in [9.17, 15) is 9.59 Å². The van der Waals surface area contributed by atoms with Gasteiger partial charge in [-0.2, -0.15) is 5.10 Å². The number of benzene rings is 1. The van der Waals surface area contributed by atoms with Crippen LogP contribution in [0.4, 0.5) is 11.4 Å². The second kappa shape index (κ2) is 6.88. The first-order valence-electron chi connectivity index (χ1n) is 9.96. The summed E-state index contributed by atoms with van der Waals surface area (Å²) < 4.78 is 13.1. The van der Waals surface area contributed by atoms with Crippen molar-refractivity contribution in [3.63, 3.8) is 0 Å². The molecule has 30 heavy (non-hydrogen) atoms. The van der Waals surface area contributed by atoms with Crippen LogP contribution in [-0.4, -0.2) is 52.4 Å². The highest BCUT2D eigenvalue weighted by molar-refractivity contribution is 6.09. The number of rotatable bonds is 3. The first kappa shape index (κ1) is 18.7. The van der Waals surface area contributed by atoms with E-state index in [0.29, 0.717) is 30.1 Å². The number of nitrogens with zero attached hydrogens (tertiary/aromatic N) is 3. The molecule has 3 aromatic rings. The fourth-order valence-corrected chi connectivity index (χ4v) is 4.06. The van der Waals surface area contributed by atoms with E-state index in [0.717, 1.165) is 36.5 Å². The van der Waals surface area contributed by atoms with Crippen molar-refractivity contribution in [2.24, 2.45) is 0 Å². The Kier molecular flexibility index (Phi) is 4.28. The zero-order valence-electron chi connectivity index (χ0n) is 16.9. The molecule has 2 aromatic heterocycles. The van der Waals surface area contributed by atoms with Gasteiger partial charge >= 0.3 is 0 Å². The lowest BCUT2D eigenvalue weighted by molar-refractivity contribution is 0.102. The van der Waals surface area contributed by atoms with E-state index in [4.69, 9.17) is 9.47 Å². The third-order valence-corrected chi connectivity index (χ3v) is 5.43. The summed E-state index contributed by atoms with van der Waals surface area (Å²) in [6.07, 6.45) is 3.74. The van der Waals surface area contributed by atoms with Crippen LogP contribution in [0, 0.1) is 0 Å². The first-order valence-corrected chi connectivity index (χ1v) is 9.96. The van der Waals surface area contributed by atoms with Crippen LogP contribution in [0.25, 0.3) is 5.65 Å². The number of morpholine rings is 1. The Balaban J connectivity index is 1.53. The van der Waals surface area contributed by atoms with Crippen molar-refractivity contribution < 1.29 is 14.3 Å². The highest BCUT2D eigenvalue weighted by Crippen LogP contribution is 2.42. The molecule has 0 bridgehead atoms. The minimum absolute atomic E-state index is 0.283. The third kappa shape index (κ3) is 3.30. The molecule has 0 unspecified atom stereocenters. The summed E-state index contributed by atoms with van der Waals surface area (Å²) in [4.78, 5) is 29.7. The average molecular weight is 409 g/mol. The van der Waals surface area contributed by atoms with Crippen molar-refractivity contribution in [3.05, 3.63) is 52.1 Å². The molecule has 9 heteroatoms. The van der Waals surface area contributed by atoms with E-state index in [1.54, 1.807) is 0 Å². The van der Waals surface area contributed by atoms with Crippen LogP contribution in [0.1, 0.15) is 29.8 Å². The van der Waals surface area contributed by atoms with Gasteiger partial charge in [-0.25, -0.2) is 4.52 Å². The van der Waals surface area contributed by atoms with Crippen molar-refractivity contribution in [1.82, 2.24) is 14.6 Å². The molecule has 9 nitrogen and oxygen atoms in total. The molecule has 1 aromatic carbocycles. The molecule has 0 radical (unpaired) electrons. The van der Waals surface area contributed by atoms with Crippen molar-refractivity contribution in [3.8, 4) is 5.75 Å². The number of ether oxygens (including phenoxy) is 2. The van der Waals surface area contributed by atoms with Crippen molar-refractivity contribution >= 4 is 22.9 Å². The standard InChI is InChI=1S/C21H23N5O4/c1-21(2)11-13-9-15(16(10-17(13)30-21)25-5-7-29-8-6-25)23-20(28)14-12-22-26-4-3-18(27)24-19(14)26/h3-4,9-10,12H,5-8,11H2,1-2H3,(H,23,28)(H,24,27). The number of aromatic amines is 1. The fourth-order valence-electron chi connectivity index (χ4n) is 4.06. The lowest BCUT2D eigenvalue weighted by Gasteiger charge is -2.31. The molecule has 1 fully saturated rings. The average Bonchev–Trinajstić information content (AvgIpc) is 3.26. The lowest BCUT2D eigenvalue weighted by atomic mass is 10.0. The molecule has 0 spiro atoms. The number of carbonyl (C=O) groups is 1. The molecule has 1 saturated heterocycles. The molecule has 2 aliphatic rings. The number of amides is 1. The minimum Gasteiger partial charge on any atom is -0.487 e. The van der Waals surface area contributed by atoms with E-state index in [1.165, 1.54) is 23.0 Å². The van der Waals surface area contributed by atoms with Crippen LogP contribution >= 0.6 is 0 Å². The topological polar surface area (TPSA) is 101 Å². The Morgan fingerprint density at radius 3 is 2.87 bits per heavy atom. The zero-order valence-corrected chi connectivity index (χ0v) is 16.9. The lowest BCUT2D eigenvalue weighted by Crippen LogP contribution is -2.36. The summed E-state index contributed by atoms with van der Waals surface area (Å²) in [5.74, 6) is 0.513. The van der Waals surface area contributed by atoms with E-state index in [1.807, 2.05) is 12.1 Å². The van der Waals surface area contributed by atoms with Crippen molar-refractivity contribution in [1.29, 1.82) is 0 Å². The Morgan fingerprint density at radius 2 is 2.07 bits per heavy atom. The number of nitrogens with one attached hydrogen (secondary N) is 2. The number of hydrogen-bond acceptors (Lipinski definition) is 6. The van der Waals surface area contributed by atoms with Crippen molar-refractivity contribution in [2.45, 2.75) is 25.9 Å². The number of anilines is 2. The number of H-pyrrole nitrogens is 1. The maximum Gasteiger partial charge on any atom is 0.261 e. The Hall–Kier alpha value is -3.33. The molecular formula is C21H23N5O4. The number of fused-ring (bicyclic) bond motifs is 2. The molecule has 0 saturated carbocycles. The fraction of sp³-hybridized carbons (Fsp3) is 0.381. The molecule has 2 N–H and O–H groups in total. The second-order valence-electron chi connectivity index (χ2n) is 8.23. The van der Waals surface area contributed by atoms with Gasteiger partial charge in [0.2, 0.25) is 0 Å². The number of hydrogen-bond donors (Lipinski definition) is 2. The van der Waals surface area contributed by atoms with Crippen LogP contribution in [0.5, 0.6) is 5.75 Å². The van der Waals surface area contributed by atoms with Gasteiger partial charge in [0, 0.05) is 43.4 Å². The van der Waals surface area contributed by atoms with E-state index >= 15 is 0 Å². The quantitative estimate of drug-likeness (QED) is 0.684. The molecule has 5 rings (SSSR count). The van der Waals surface area contributed by atoms with E-state index < -0.39 is 0 Å². The Bertz CT molecular complexity index is 1190. The molecule has 0 atom stereocenters. The van der Waals surface area contributed by atoms with Gasteiger partial charge in [0.1, 0.15) is 22.6 Å². The summed E-state index contributed by atoms with van der Waals surface area (Å²) in [5, 5.41) is 7.18. The van der Waals surface area contributed by atoms with Gasteiger partial charge in [-0.1, -0.05) is 0 Å². The van der Waals surface area contributed by atoms with Crippen LogP contribution < -0.4 is 20.5 Å². The van der Waals surface area contributed by atoms with Crippen LogP contribution in [0.15, 0.2) is 35.4 Å². The van der Waals surface area contributed by atoms with Gasteiger partial charge in [-0.05, 0) is 19.9 Å². The van der Waals surface area contributed by atoms with Gasteiger partial charge in [0.05, 0.1) is 30.8 Å². The first-order chi connectivity index (χ1) is 14.4. The van der Waals surface area contributed by atoms with Crippen LogP contribution in [0.3, 0.4) is 0 Å². The number of carbonyl (C=O) groups excluding carboxylic acids is 1. The van der Waals surface area contributed by atoms with Crippen molar-refractivity contribution in [2.75, 3.05) is 36.5 Å². The van der Waals surface area contributed by atoms with Crippen LogP contribution in [0.2, 0.25) is 0 Å². The van der Waals surface area contributed by atoms with Gasteiger partial charge in [-0.15, -0.1) is 0 Å².